The number of hydrogen-bond donors (Lipinski definition) is 3. The van der Waals surface area contributed by atoms with Crippen LogP contribution in [0.5, 0.6) is 5.75 Å². The summed E-state index contributed by atoms with van der Waals surface area (Å²) in [5, 5.41) is 16.5. The molecular weight excluding hydrogens is 546 g/mol. The van der Waals surface area contributed by atoms with E-state index in [1.165, 1.54) is 4.90 Å². The molecule has 10 nitrogen and oxygen atoms in total. The van der Waals surface area contributed by atoms with Gasteiger partial charge in [0.15, 0.2) is 0 Å². The van der Waals surface area contributed by atoms with Gasteiger partial charge in [0.1, 0.15) is 11.8 Å². The highest BCUT2D eigenvalue weighted by Crippen LogP contribution is 2.33. The van der Waals surface area contributed by atoms with Crippen LogP contribution in [0.4, 0.5) is 5.95 Å². The van der Waals surface area contributed by atoms with Gasteiger partial charge in [0.05, 0.1) is 30.1 Å². The molecule has 2 aliphatic rings. The summed E-state index contributed by atoms with van der Waals surface area (Å²) < 4.78 is 10.7. The number of amides is 2. The van der Waals surface area contributed by atoms with Crippen molar-refractivity contribution in [1.82, 2.24) is 20.2 Å². The van der Waals surface area contributed by atoms with E-state index in [0.717, 1.165) is 24.0 Å². The van der Waals surface area contributed by atoms with Crippen LogP contribution >= 0.6 is 11.6 Å². The molecule has 0 aliphatic carbocycles. The Morgan fingerprint density at radius 2 is 2.05 bits per heavy atom. The highest BCUT2D eigenvalue weighted by molar-refractivity contribution is 6.33. The zero-order valence-corrected chi connectivity index (χ0v) is 23.9. The first-order valence-electron chi connectivity index (χ1n) is 13.7. The second kappa shape index (κ2) is 12.8. The van der Waals surface area contributed by atoms with Gasteiger partial charge in [0.2, 0.25) is 11.9 Å². The number of carbonyl (C=O) groups excluding carboxylic acids is 2. The van der Waals surface area contributed by atoms with Crippen LogP contribution in [0.25, 0.3) is 11.3 Å². The molecule has 3 heterocycles. The van der Waals surface area contributed by atoms with Crippen LogP contribution in [-0.2, 0) is 16.1 Å². The molecule has 1 saturated heterocycles. The lowest BCUT2D eigenvalue weighted by atomic mass is 10.0. The molecule has 3 N–H and O–H groups in total. The van der Waals surface area contributed by atoms with Crippen LogP contribution in [0.15, 0.2) is 48.7 Å². The van der Waals surface area contributed by atoms with E-state index >= 15 is 0 Å². The summed E-state index contributed by atoms with van der Waals surface area (Å²) >= 11 is 6.48. The lowest BCUT2D eigenvalue weighted by Crippen LogP contribution is -2.48. The number of aliphatic hydroxyl groups is 1. The fraction of sp³-hybridized carbons (Fsp3) is 0.400. The molecule has 1 aromatic heterocycles. The van der Waals surface area contributed by atoms with Gasteiger partial charge in [0.25, 0.3) is 5.91 Å². The fourth-order valence-electron chi connectivity index (χ4n) is 5.24. The van der Waals surface area contributed by atoms with Gasteiger partial charge >= 0.3 is 0 Å². The van der Waals surface area contributed by atoms with E-state index in [1.54, 1.807) is 19.4 Å². The van der Waals surface area contributed by atoms with Crippen LogP contribution in [0.2, 0.25) is 5.02 Å². The Kier molecular flexibility index (Phi) is 9.02. The summed E-state index contributed by atoms with van der Waals surface area (Å²) in [5.74, 6) is 0.537. The number of carbonyl (C=O) groups is 2. The van der Waals surface area contributed by atoms with Crippen LogP contribution in [0, 0.1) is 0 Å². The van der Waals surface area contributed by atoms with Crippen molar-refractivity contribution in [2.24, 2.45) is 0 Å². The number of benzene rings is 2. The van der Waals surface area contributed by atoms with Gasteiger partial charge in [-0.1, -0.05) is 35.9 Å². The van der Waals surface area contributed by atoms with Gasteiger partial charge in [-0.15, -0.1) is 0 Å². The molecule has 5 rings (SSSR count). The van der Waals surface area contributed by atoms with E-state index < -0.39 is 6.04 Å². The third-order valence-corrected chi connectivity index (χ3v) is 7.82. The van der Waals surface area contributed by atoms with Crippen LogP contribution in [0.1, 0.15) is 53.7 Å². The number of aromatic nitrogens is 2. The SMILES string of the molecule is COc1cccc([C@@H](C)NC(=O)[C@@H](CCO)N2Cc3ccc(-c4nc(NC5CCOCC5)ncc4Cl)cc3C2=O)c1. The second-order valence-corrected chi connectivity index (χ2v) is 10.7. The molecule has 2 aromatic carbocycles. The van der Waals surface area contributed by atoms with E-state index in [2.05, 4.69) is 20.6 Å². The Morgan fingerprint density at radius 1 is 1.24 bits per heavy atom. The number of aliphatic hydroxyl groups excluding tert-OH is 1. The Balaban J connectivity index is 1.33. The molecule has 41 heavy (non-hydrogen) atoms. The van der Waals surface area contributed by atoms with E-state index in [4.69, 9.17) is 21.1 Å². The van der Waals surface area contributed by atoms with Gasteiger partial charge in [-0.3, -0.25) is 9.59 Å². The lowest BCUT2D eigenvalue weighted by Gasteiger charge is -2.28. The Hall–Kier alpha value is -3.73. The number of ether oxygens (including phenoxy) is 2. The van der Waals surface area contributed by atoms with Gasteiger partial charge < -0.3 is 30.1 Å². The predicted molar refractivity (Wildman–Crippen MR) is 155 cm³/mol. The zero-order valence-electron chi connectivity index (χ0n) is 23.1. The summed E-state index contributed by atoms with van der Waals surface area (Å²) in [5.41, 5.74) is 3.33. The molecule has 11 heteroatoms. The van der Waals surface area contributed by atoms with Crippen LogP contribution in [0.3, 0.4) is 0 Å². The predicted octanol–water partition coefficient (Wildman–Crippen LogP) is 3.98. The highest BCUT2D eigenvalue weighted by atomic mass is 35.5. The molecule has 2 atom stereocenters. The maximum absolute atomic E-state index is 13.6. The second-order valence-electron chi connectivity index (χ2n) is 10.3. The molecule has 0 radical (unpaired) electrons. The minimum absolute atomic E-state index is 0.113. The highest BCUT2D eigenvalue weighted by Gasteiger charge is 2.37. The zero-order chi connectivity index (χ0) is 28.9. The summed E-state index contributed by atoms with van der Waals surface area (Å²) in [6.07, 6.45) is 3.40. The molecular formula is C30H34ClN5O5. The first-order chi connectivity index (χ1) is 19.9. The summed E-state index contributed by atoms with van der Waals surface area (Å²) in [4.78, 5) is 37.5. The Labute approximate surface area is 244 Å². The molecule has 3 aromatic rings. The average Bonchev–Trinajstić information content (AvgIpc) is 3.32. The van der Waals surface area contributed by atoms with E-state index in [9.17, 15) is 14.7 Å². The number of rotatable bonds is 10. The third kappa shape index (κ3) is 6.45. The van der Waals surface area contributed by atoms with Gasteiger partial charge in [-0.2, -0.15) is 0 Å². The summed E-state index contributed by atoms with van der Waals surface area (Å²) in [6.45, 7) is 3.27. The van der Waals surface area contributed by atoms with E-state index in [0.29, 0.717) is 46.8 Å². The number of methoxy groups -OCH3 is 1. The number of fused-ring (bicyclic) bond motifs is 1. The number of nitrogens with zero attached hydrogens (tertiary/aromatic N) is 3. The maximum atomic E-state index is 13.6. The Morgan fingerprint density at radius 3 is 2.80 bits per heavy atom. The molecule has 1 fully saturated rings. The van der Waals surface area contributed by atoms with Crippen LogP contribution < -0.4 is 15.4 Å². The molecule has 0 spiro atoms. The van der Waals surface area contributed by atoms with E-state index in [-0.39, 0.29) is 43.5 Å². The van der Waals surface area contributed by atoms with Crippen molar-refractivity contribution >= 4 is 29.4 Å². The van der Waals surface area contributed by atoms with Crippen molar-refractivity contribution in [1.29, 1.82) is 0 Å². The topological polar surface area (TPSA) is 126 Å². The molecule has 0 saturated carbocycles. The normalized spacial score (nSPS) is 16.7. The summed E-state index contributed by atoms with van der Waals surface area (Å²) in [6, 6.07) is 12.0. The standard InChI is InChI=1S/C30H34ClN5O5/c1-18(19-4-3-5-23(14-19)40-2)33-28(38)26(8-11-37)36-17-21-7-6-20(15-24(21)29(36)39)27-25(31)16-32-30(35-27)34-22-9-12-41-13-10-22/h3-7,14-16,18,22,26,37H,8-13,17H2,1-2H3,(H,33,38)(H,32,34,35)/t18-,26-/m1/s1. The van der Waals surface area contributed by atoms with Crippen LogP contribution in [-0.4, -0.2) is 70.8 Å². The molecule has 216 valence electrons. The quantitative estimate of drug-likeness (QED) is 0.329. The number of halogens is 1. The minimum Gasteiger partial charge on any atom is -0.497 e. The average molecular weight is 580 g/mol. The van der Waals surface area contributed by atoms with Crippen molar-refractivity contribution in [2.45, 2.75) is 50.9 Å². The monoisotopic (exact) mass is 579 g/mol. The Bertz CT molecular complexity index is 1410. The molecule has 2 aliphatic heterocycles. The molecule has 2 amide bonds. The number of nitrogens with one attached hydrogen (secondary N) is 2. The van der Waals surface area contributed by atoms with Crippen molar-refractivity contribution in [3.05, 3.63) is 70.4 Å². The lowest BCUT2D eigenvalue weighted by molar-refractivity contribution is -0.127. The van der Waals surface area contributed by atoms with Crippen molar-refractivity contribution in [2.75, 3.05) is 32.2 Å². The minimum atomic E-state index is -0.839. The first kappa shape index (κ1) is 28.8. The number of hydrogen-bond acceptors (Lipinski definition) is 8. The maximum Gasteiger partial charge on any atom is 0.255 e. The van der Waals surface area contributed by atoms with Gasteiger partial charge in [-0.25, -0.2) is 9.97 Å². The van der Waals surface area contributed by atoms with E-state index in [1.807, 2.05) is 43.3 Å². The van der Waals surface area contributed by atoms with Crippen molar-refractivity contribution < 1.29 is 24.2 Å². The third-order valence-electron chi connectivity index (χ3n) is 7.55. The smallest absolute Gasteiger partial charge is 0.255 e. The van der Waals surface area contributed by atoms with Gasteiger partial charge in [-0.05, 0) is 55.5 Å². The largest absolute Gasteiger partial charge is 0.497 e. The first-order valence-corrected chi connectivity index (χ1v) is 14.1. The fourth-order valence-corrected chi connectivity index (χ4v) is 5.44. The number of anilines is 1. The summed E-state index contributed by atoms with van der Waals surface area (Å²) in [7, 11) is 1.59. The molecule has 0 unspecified atom stereocenters. The van der Waals surface area contributed by atoms with Gasteiger partial charge in [0, 0.05) is 43.5 Å². The van der Waals surface area contributed by atoms with Crippen molar-refractivity contribution in [3.8, 4) is 17.0 Å². The van der Waals surface area contributed by atoms with Crippen molar-refractivity contribution in [3.63, 3.8) is 0 Å². The molecule has 0 bridgehead atoms.